The second-order valence-electron chi connectivity index (χ2n) is 7.12. The van der Waals surface area contributed by atoms with Crippen molar-refractivity contribution in [3.05, 3.63) is 16.5 Å². The molecular weight excluding hydrogens is 320 g/mol. The van der Waals surface area contributed by atoms with E-state index in [0.29, 0.717) is 5.28 Å². The van der Waals surface area contributed by atoms with Gasteiger partial charge in [-0.3, -0.25) is 0 Å². The minimum atomic E-state index is -1.82. The van der Waals surface area contributed by atoms with Crippen LogP contribution in [0.25, 0.3) is 0 Å². The zero-order valence-electron chi connectivity index (χ0n) is 13.8. The molecule has 118 valence electrons. The van der Waals surface area contributed by atoms with Crippen LogP contribution < -0.4 is 0 Å². The van der Waals surface area contributed by atoms with Gasteiger partial charge in [0.15, 0.2) is 8.32 Å². The standard InChI is InChI=1S/C15H25ClN2OSSi/c1-15(2,3)21(5,6)19-11-9-7-8-10-12(11)17-14(16)18-13(10)20-4/h11H,7-9H2,1-6H3. The van der Waals surface area contributed by atoms with Gasteiger partial charge in [0.2, 0.25) is 5.28 Å². The molecule has 0 spiro atoms. The third kappa shape index (κ3) is 3.63. The van der Waals surface area contributed by atoms with Crippen molar-refractivity contribution >= 4 is 31.7 Å². The molecule has 1 aromatic heterocycles. The lowest BCUT2D eigenvalue weighted by atomic mass is 9.95. The molecule has 0 radical (unpaired) electrons. The fraction of sp³-hybridized carbons (Fsp3) is 0.733. The molecule has 0 saturated heterocycles. The Morgan fingerprint density at radius 3 is 2.52 bits per heavy atom. The van der Waals surface area contributed by atoms with Gasteiger partial charge in [0.05, 0.1) is 11.8 Å². The molecule has 1 heterocycles. The second kappa shape index (κ2) is 6.18. The number of fused-ring (bicyclic) bond motifs is 1. The minimum Gasteiger partial charge on any atom is -0.408 e. The van der Waals surface area contributed by atoms with E-state index in [4.69, 9.17) is 16.0 Å². The highest BCUT2D eigenvalue weighted by molar-refractivity contribution is 7.98. The molecule has 0 N–H and O–H groups in total. The molecule has 1 unspecified atom stereocenters. The maximum absolute atomic E-state index is 6.60. The van der Waals surface area contributed by atoms with Gasteiger partial charge in [-0.05, 0) is 55.3 Å². The molecule has 1 aliphatic rings. The summed E-state index contributed by atoms with van der Waals surface area (Å²) < 4.78 is 6.60. The van der Waals surface area contributed by atoms with E-state index in [9.17, 15) is 0 Å². The van der Waals surface area contributed by atoms with Gasteiger partial charge in [-0.15, -0.1) is 11.8 Å². The van der Waals surface area contributed by atoms with Crippen LogP contribution in [-0.4, -0.2) is 24.5 Å². The van der Waals surface area contributed by atoms with Crippen molar-refractivity contribution in [2.24, 2.45) is 0 Å². The monoisotopic (exact) mass is 344 g/mol. The molecule has 0 aliphatic heterocycles. The van der Waals surface area contributed by atoms with Gasteiger partial charge in [0.25, 0.3) is 0 Å². The van der Waals surface area contributed by atoms with Crippen LogP contribution in [0.1, 0.15) is 51.0 Å². The lowest BCUT2D eigenvalue weighted by Crippen LogP contribution is -2.42. The van der Waals surface area contributed by atoms with Crippen molar-refractivity contribution < 1.29 is 4.43 Å². The first-order valence-corrected chi connectivity index (χ1v) is 11.9. The van der Waals surface area contributed by atoms with E-state index >= 15 is 0 Å². The van der Waals surface area contributed by atoms with Crippen molar-refractivity contribution in [2.45, 2.75) is 69.3 Å². The Bertz CT molecular complexity index is 531. The van der Waals surface area contributed by atoms with Crippen molar-refractivity contribution in [1.82, 2.24) is 9.97 Å². The summed E-state index contributed by atoms with van der Waals surface area (Å²) in [5.74, 6) is 0. The Hall–Kier alpha value is -0.103. The molecule has 0 amide bonds. The largest absolute Gasteiger partial charge is 0.408 e. The Labute approximate surface area is 138 Å². The minimum absolute atomic E-state index is 0.0704. The van der Waals surface area contributed by atoms with E-state index in [0.717, 1.165) is 30.0 Å². The third-order valence-electron chi connectivity index (χ3n) is 4.61. The summed E-state index contributed by atoms with van der Waals surface area (Å²) in [6, 6.07) is 0. The lowest BCUT2D eigenvalue weighted by Gasteiger charge is -2.40. The number of hydrogen-bond donors (Lipinski definition) is 0. The topological polar surface area (TPSA) is 35.0 Å². The van der Waals surface area contributed by atoms with E-state index in [1.54, 1.807) is 11.8 Å². The first-order valence-electron chi connectivity index (χ1n) is 7.44. The fourth-order valence-electron chi connectivity index (χ4n) is 2.37. The maximum atomic E-state index is 6.60. The van der Waals surface area contributed by atoms with Gasteiger partial charge in [-0.1, -0.05) is 20.8 Å². The molecule has 6 heteroatoms. The van der Waals surface area contributed by atoms with E-state index in [2.05, 4.69) is 43.8 Å². The smallest absolute Gasteiger partial charge is 0.223 e. The molecule has 21 heavy (non-hydrogen) atoms. The maximum Gasteiger partial charge on any atom is 0.223 e. The molecule has 0 aromatic carbocycles. The summed E-state index contributed by atoms with van der Waals surface area (Å²) in [5.41, 5.74) is 2.26. The van der Waals surface area contributed by atoms with Crippen molar-refractivity contribution in [2.75, 3.05) is 6.26 Å². The van der Waals surface area contributed by atoms with Gasteiger partial charge in [0.1, 0.15) is 5.03 Å². The van der Waals surface area contributed by atoms with Gasteiger partial charge < -0.3 is 4.43 Å². The summed E-state index contributed by atoms with van der Waals surface area (Å²) in [6.45, 7) is 11.4. The summed E-state index contributed by atoms with van der Waals surface area (Å²) >= 11 is 7.75. The van der Waals surface area contributed by atoms with Crippen LogP contribution in [0.5, 0.6) is 0 Å². The van der Waals surface area contributed by atoms with E-state index in [1.165, 1.54) is 5.56 Å². The highest BCUT2D eigenvalue weighted by atomic mass is 35.5. The van der Waals surface area contributed by atoms with Crippen molar-refractivity contribution in [1.29, 1.82) is 0 Å². The summed E-state index contributed by atoms with van der Waals surface area (Å²) in [5, 5.41) is 1.54. The summed E-state index contributed by atoms with van der Waals surface area (Å²) in [4.78, 5) is 8.87. The Balaban J connectivity index is 2.37. The molecule has 3 nitrogen and oxygen atoms in total. The summed E-state index contributed by atoms with van der Waals surface area (Å²) in [6.07, 6.45) is 5.30. The molecule has 2 rings (SSSR count). The SMILES string of the molecule is CSc1nc(Cl)nc2c1CCCC2O[Si](C)(C)C(C)(C)C. The second-order valence-corrected chi connectivity index (χ2v) is 13.0. The third-order valence-corrected chi connectivity index (χ3v) is 9.99. The van der Waals surface area contributed by atoms with Gasteiger partial charge >= 0.3 is 0 Å². The van der Waals surface area contributed by atoms with E-state index < -0.39 is 8.32 Å². The lowest BCUT2D eigenvalue weighted by molar-refractivity contribution is 0.157. The highest BCUT2D eigenvalue weighted by Gasteiger charge is 2.41. The Morgan fingerprint density at radius 1 is 1.29 bits per heavy atom. The number of aromatic nitrogens is 2. The highest BCUT2D eigenvalue weighted by Crippen LogP contribution is 2.43. The number of nitrogens with zero attached hydrogens (tertiary/aromatic N) is 2. The molecular formula is C15H25ClN2OSSi. The summed E-state index contributed by atoms with van der Waals surface area (Å²) in [7, 11) is -1.82. The Morgan fingerprint density at radius 2 is 1.95 bits per heavy atom. The normalized spacial score (nSPS) is 19.5. The van der Waals surface area contributed by atoms with Crippen LogP contribution in [0.15, 0.2) is 5.03 Å². The van der Waals surface area contributed by atoms with Crippen molar-refractivity contribution in [3.8, 4) is 0 Å². The molecule has 1 aliphatic carbocycles. The predicted molar refractivity (Wildman–Crippen MR) is 92.8 cm³/mol. The van der Waals surface area contributed by atoms with Crippen LogP contribution in [0.4, 0.5) is 0 Å². The van der Waals surface area contributed by atoms with Gasteiger partial charge in [0, 0.05) is 5.56 Å². The molecule has 0 fully saturated rings. The molecule has 0 saturated carbocycles. The number of halogens is 1. The van der Waals surface area contributed by atoms with E-state index in [1.807, 2.05) is 6.26 Å². The molecule has 0 bridgehead atoms. The van der Waals surface area contributed by atoms with Crippen molar-refractivity contribution in [3.63, 3.8) is 0 Å². The average Bonchev–Trinajstić information content (AvgIpc) is 2.37. The Kier molecular flexibility index (Phi) is 5.08. The van der Waals surface area contributed by atoms with Crippen LogP contribution >= 0.6 is 23.4 Å². The van der Waals surface area contributed by atoms with Crippen LogP contribution in [0.2, 0.25) is 23.4 Å². The first-order chi connectivity index (χ1) is 9.65. The average molecular weight is 345 g/mol. The molecule has 1 atom stereocenters. The molecule has 1 aromatic rings. The predicted octanol–water partition coefficient (Wildman–Crippen LogP) is 5.25. The van der Waals surface area contributed by atoms with Gasteiger partial charge in [-0.25, -0.2) is 9.97 Å². The van der Waals surface area contributed by atoms with Gasteiger partial charge in [-0.2, -0.15) is 0 Å². The zero-order chi connectivity index (χ0) is 15.8. The van der Waals surface area contributed by atoms with Crippen LogP contribution in [-0.2, 0) is 10.8 Å². The number of rotatable bonds is 3. The van der Waals surface area contributed by atoms with E-state index in [-0.39, 0.29) is 11.1 Å². The number of hydrogen-bond acceptors (Lipinski definition) is 4. The van der Waals surface area contributed by atoms with Crippen LogP contribution in [0.3, 0.4) is 0 Å². The zero-order valence-corrected chi connectivity index (χ0v) is 16.4. The quantitative estimate of drug-likeness (QED) is 0.324. The first kappa shape index (κ1) is 17.3. The number of thioether (sulfide) groups is 1. The fourth-order valence-corrected chi connectivity index (χ4v) is 4.52. The van der Waals surface area contributed by atoms with Crippen LogP contribution in [0, 0.1) is 0 Å².